The van der Waals surface area contributed by atoms with Gasteiger partial charge in [-0.05, 0) is 32.0 Å². The maximum atomic E-state index is 13.5. The van der Waals surface area contributed by atoms with Crippen LogP contribution in [0.15, 0.2) is 0 Å². The number of nitrogens with one attached hydrogen (secondary N) is 1. The molecule has 1 N–H and O–H groups in total. The van der Waals surface area contributed by atoms with E-state index in [9.17, 15) is 8.78 Å². The Balaban J connectivity index is 0. The van der Waals surface area contributed by atoms with Gasteiger partial charge in [0.05, 0.1) is 34.1 Å². The zero-order valence-corrected chi connectivity index (χ0v) is 12.8. The molecule has 0 aromatic heterocycles. The smallest absolute Gasteiger partial charge is 0.253 e. The van der Waals surface area contributed by atoms with E-state index in [2.05, 4.69) is 4.84 Å². The molecule has 0 aromatic rings. The van der Waals surface area contributed by atoms with Crippen LogP contribution < -0.4 is 17.2 Å². The molecule has 0 radical (unpaired) electrons. The van der Waals surface area contributed by atoms with E-state index in [1.54, 1.807) is 0 Å². The molecule has 2 nitrogen and oxygen atoms in total. The van der Waals surface area contributed by atoms with Crippen molar-refractivity contribution < 1.29 is 25.7 Å². The fourth-order valence-corrected chi connectivity index (χ4v) is 1.26. The number of hydrogen-bond acceptors (Lipinski definition) is 1. The topological polar surface area (TPSA) is 12.0 Å². The molecule has 6 heteroatoms. The summed E-state index contributed by atoms with van der Waals surface area (Å²) in [5, 5.41) is 0. The Labute approximate surface area is 115 Å². The lowest BCUT2D eigenvalue weighted by Gasteiger charge is -2.28. The summed E-state index contributed by atoms with van der Waals surface area (Å²) in [4.78, 5) is 2.52. The third-order valence-electron chi connectivity index (χ3n) is 2.52. The van der Waals surface area contributed by atoms with Crippen molar-refractivity contribution in [3.8, 4) is 0 Å². The third kappa shape index (κ3) is 11.2. The van der Waals surface area contributed by atoms with E-state index in [1.807, 2.05) is 35.0 Å². The van der Waals surface area contributed by atoms with Crippen LogP contribution in [-0.2, 0) is 0 Å². The van der Waals surface area contributed by atoms with E-state index in [1.165, 1.54) is 0 Å². The number of quaternary nitrogens is 1. The molecule has 0 unspecified atom stereocenters. The summed E-state index contributed by atoms with van der Waals surface area (Å²) in [5.41, 5.74) is -0.443. The fraction of sp³-hybridized carbons (Fsp3) is 1.00. The lowest BCUT2D eigenvalue weighted by atomic mass is 9.96. The maximum absolute atomic E-state index is 13.5. The molecule has 0 spiro atoms. The quantitative estimate of drug-likeness (QED) is 0.516. The van der Waals surface area contributed by atoms with E-state index in [0.29, 0.717) is 17.4 Å². The van der Waals surface area contributed by atoms with Crippen molar-refractivity contribution in [2.45, 2.75) is 44.6 Å². The lowest BCUT2D eigenvalue weighted by Crippen LogP contribution is -3.00. The standard InChI is InChI=1S/C11H24ClF2N2.ClH/c1-10(2,15-12)6-7-11(13,14)8-9-16(3,4)5;/h15H,6-9H2,1-5H3;1H/q+1;/p-1. The Hall–Kier alpha value is 0.360. The molecular formula is C11H24Cl2F2N2. The van der Waals surface area contributed by atoms with E-state index >= 15 is 0 Å². The van der Waals surface area contributed by atoms with Gasteiger partial charge in [0.1, 0.15) is 0 Å². The molecule has 17 heavy (non-hydrogen) atoms. The minimum atomic E-state index is -2.60. The fourth-order valence-electron chi connectivity index (χ4n) is 1.17. The third-order valence-corrected chi connectivity index (χ3v) is 3.03. The second-order valence-electron chi connectivity index (χ2n) is 6.10. The first kappa shape index (κ1) is 19.7. The highest BCUT2D eigenvalue weighted by atomic mass is 35.5. The normalized spacial score (nSPS) is 13.4. The monoisotopic (exact) mass is 292 g/mol. The van der Waals surface area contributed by atoms with Crippen molar-refractivity contribution in [3.05, 3.63) is 0 Å². The number of hydrogen-bond donors (Lipinski definition) is 1. The molecule has 106 valence electrons. The molecule has 0 bridgehead atoms. The lowest BCUT2D eigenvalue weighted by molar-refractivity contribution is -0.871. The molecule has 0 aliphatic carbocycles. The first-order valence-electron chi connectivity index (χ1n) is 5.54. The van der Waals surface area contributed by atoms with Crippen LogP contribution in [0.1, 0.15) is 33.1 Å². The Morgan fingerprint density at radius 2 is 1.53 bits per heavy atom. The molecule has 0 fully saturated rings. The molecule has 0 saturated carbocycles. The van der Waals surface area contributed by atoms with Gasteiger partial charge in [-0.3, -0.25) is 0 Å². The molecule has 0 rings (SSSR count). The first-order chi connectivity index (χ1) is 6.97. The zero-order valence-electron chi connectivity index (χ0n) is 11.3. The Bertz CT molecular complexity index is 216. The predicted molar refractivity (Wildman–Crippen MR) is 64.8 cm³/mol. The van der Waals surface area contributed by atoms with E-state index in [-0.39, 0.29) is 25.2 Å². The molecular weight excluding hydrogens is 269 g/mol. The average molecular weight is 293 g/mol. The van der Waals surface area contributed by atoms with Crippen LogP contribution in [-0.4, -0.2) is 43.6 Å². The van der Waals surface area contributed by atoms with Crippen LogP contribution in [0.5, 0.6) is 0 Å². The highest BCUT2D eigenvalue weighted by Crippen LogP contribution is 2.28. The molecule has 0 aromatic carbocycles. The van der Waals surface area contributed by atoms with Gasteiger partial charge in [0.25, 0.3) is 5.92 Å². The summed E-state index contributed by atoms with van der Waals surface area (Å²) in [5.74, 6) is -2.60. The van der Waals surface area contributed by atoms with Gasteiger partial charge in [-0.1, -0.05) is 0 Å². The highest BCUT2D eigenvalue weighted by Gasteiger charge is 2.33. The van der Waals surface area contributed by atoms with Crippen molar-refractivity contribution in [1.29, 1.82) is 0 Å². The van der Waals surface area contributed by atoms with Crippen LogP contribution in [0, 0.1) is 0 Å². The summed E-state index contributed by atoms with van der Waals surface area (Å²) in [6, 6.07) is 0. The minimum absolute atomic E-state index is 0. The largest absolute Gasteiger partial charge is 1.00 e. The molecule has 0 heterocycles. The molecule has 0 aliphatic heterocycles. The van der Waals surface area contributed by atoms with Gasteiger partial charge in [-0.2, -0.15) is 0 Å². The molecule has 0 atom stereocenters. The number of rotatable bonds is 7. The predicted octanol–water partition coefficient (Wildman–Crippen LogP) is 0.0242. The summed E-state index contributed by atoms with van der Waals surface area (Å²) in [6.45, 7) is 4.10. The average Bonchev–Trinajstić information content (AvgIpc) is 2.12. The van der Waals surface area contributed by atoms with Gasteiger partial charge in [-0.15, -0.1) is 0 Å². The van der Waals surface area contributed by atoms with Crippen LogP contribution in [0.2, 0.25) is 0 Å². The summed E-state index contributed by atoms with van der Waals surface area (Å²) in [7, 11) is 5.75. The summed E-state index contributed by atoms with van der Waals surface area (Å²) >= 11 is 5.47. The minimum Gasteiger partial charge on any atom is -1.00 e. The summed E-state index contributed by atoms with van der Waals surface area (Å²) in [6.07, 6.45) is 0.162. The summed E-state index contributed by atoms with van der Waals surface area (Å²) < 4.78 is 27.6. The molecule has 0 saturated heterocycles. The van der Waals surface area contributed by atoms with E-state index < -0.39 is 11.5 Å². The van der Waals surface area contributed by atoms with Gasteiger partial charge in [0.15, 0.2) is 0 Å². The van der Waals surface area contributed by atoms with Crippen LogP contribution in [0.4, 0.5) is 8.78 Å². The first-order valence-corrected chi connectivity index (χ1v) is 5.91. The van der Waals surface area contributed by atoms with Gasteiger partial charge in [-0.25, -0.2) is 13.6 Å². The van der Waals surface area contributed by atoms with E-state index in [4.69, 9.17) is 11.8 Å². The Kier molecular flexibility index (Phi) is 8.19. The van der Waals surface area contributed by atoms with Crippen molar-refractivity contribution in [2.24, 2.45) is 0 Å². The van der Waals surface area contributed by atoms with Gasteiger partial charge in [0, 0.05) is 12.0 Å². The van der Waals surface area contributed by atoms with Crippen LogP contribution in [0.25, 0.3) is 0 Å². The Morgan fingerprint density at radius 1 is 1.06 bits per heavy atom. The number of alkyl halides is 2. The van der Waals surface area contributed by atoms with Crippen molar-refractivity contribution in [2.75, 3.05) is 27.7 Å². The van der Waals surface area contributed by atoms with Crippen molar-refractivity contribution >= 4 is 11.8 Å². The van der Waals surface area contributed by atoms with Gasteiger partial charge in [0.2, 0.25) is 0 Å². The SMILES string of the molecule is CC(C)(CCC(F)(F)CC[N+](C)(C)C)NCl.[Cl-]. The van der Waals surface area contributed by atoms with Gasteiger partial charge < -0.3 is 16.9 Å². The maximum Gasteiger partial charge on any atom is 0.253 e. The highest BCUT2D eigenvalue weighted by molar-refractivity contribution is 6.13. The van der Waals surface area contributed by atoms with E-state index in [0.717, 1.165) is 0 Å². The van der Waals surface area contributed by atoms with Crippen LogP contribution >= 0.6 is 11.8 Å². The zero-order chi connectivity index (χ0) is 13.0. The van der Waals surface area contributed by atoms with Crippen molar-refractivity contribution in [1.82, 2.24) is 4.84 Å². The molecule has 0 amide bonds. The number of halogens is 4. The second kappa shape index (κ2) is 7.07. The van der Waals surface area contributed by atoms with Crippen LogP contribution in [0.3, 0.4) is 0 Å². The molecule has 0 aliphatic rings. The second-order valence-corrected chi connectivity index (χ2v) is 6.29. The Morgan fingerprint density at radius 3 is 1.88 bits per heavy atom. The van der Waals surface area contributed by atoms with Crippen molar-refractivity contribution in [3.63, 3.8) is 0 Å². The van der Waals surface area contributed by atoms with Gasteiger partial charge >= 0.3 is 0 Å². The number of nitrogens with zero attached hydrogens (tertiary/aromatic N) is 1.